The van der Waals surface area contributed by atoms with Gasteiger partial charge in [0, 0.05) is 31.9 Å². The number of nitrogens with one attached hydrogen (secondary N) is 2. The molecular formula is C19H21FN4O2. The fraction of sp³-hybridized carbons (Fsp3) is 0.263. The van der Waals surface area contributed by atoms with Crippen LogP contribution in [0.15, 0.2) is 54.5 Å². The number of hydrogen-bond donors (Lipinski definition) is 3. The topological polar surface area (TPSA) is 77.5 Å². The fourth-order valence-electron chi connectivity index (χ4n) is 2.99. The minimum Gasteiger partial charge on any atom is -0.366 e. The van der Waals surface area contributed by atoms with Crippen molar-refractivity contribution in [1.82, 2.24) is 15.4 Å². The quantitative estimate of drug-likeness (QED) is 0.421. The van der Waals surface area contributed by atoms with E-state index in [4.69, 9.17) is 5.21 Å². The highest BCUT2D eigenvalue weighted by Crippen LogP contribution is 2.17. The highest BCUT2D eigenvalue weighted by Gasteiger charge is 2.22. The number of carbonyl (C=O) groups excluding carboxylic acids is 1. The second-order valence-corrected chi connectivity index (χ2v) is 6.26. The predicted octanol–water partition coefficient (Wildman–Crippen LogP) is 2.58. The lowest BCUT2D eigenvalue weighted by atomic mass is 10.2. The zero-order valence-corrected chi connectivity index (χ0v) is 14.2. The minimum atomic E-state index is -1.18. The number of amides is 1. The maximum Gasteiger partial charge on any atom is 0.303 e. The van der Waals surface area contributed by atoms with E-state index < -0.39 is 11.7 Å². The maximum atomic E-state index is 13.4. The van der Waals surface area contributed by atoms with E-state index in [0.29, 0.717) is 17.4 Å². The molecule has 0 unspecified atom stereocenters. The molecule has 6 nitrogen and oxygen atoms in total. The van der Waals surface area contributed by atoms with Crippen LogP contribution in [-0.4, -0.2) is 40.1 Å². The van der Waals surface area contributed by atoms with Gasteiger partial charge < -0.3 is 5.32 Å². The van der Waals surface area contributed by atoms with Crippen molar-refractivity contribution in [1.29, 1.82) is 0 Å². The normalized spacial score (nSPS) is 17.9. The number of carbonyl (C=O) groups is 1. The molecule has 1 aromatic heterocycles. The van der Waals surface area contributed by atoms with Crippen molar-refractivity contribution in [3.8, 4) is 0 Å². The summed E-state index contributed by atoms with van der Waals surface area (Å²) in [5.41, 5.74) is 2.99. The number of anilines is 1. The molecule has 7 heteroatoms. The molecule has 136 valence electrons. The molecule has 1 aliphatic heterocycles. The Morgan fingerprint density at radius 2 is 2.12 bits per heavy atom. The van der Waals surface area contributed by atoms with Gasteiger partial charge in [-0.3, -0.25) is 14.9 Å². The van der Waals surface area contributed by atoms with Crippen LogP contribution in [0.5, 0.6) is 0 Å². The lowest BCUT2D eigenvalue weighted by molar-refractivity contribution is -0.126. The second kappa shape index (κ2) is 8.55. The number of rotatable bonds is 6. The Kier molecular flexibility index (Phi) is 5.93. The molecule has 0 saturated carbocycles. The van der Waals surface area contributed by atoms with Crippen molar-refractivity contribution in [2.45, 2.75) is 19.0 Å². The highest BCUT2D eigenvalue weighted by atomic mass is 19.1. The molecule has 1 aromatic carbocycles. The average molecular weight is 356 g/mol. The van der Waals surface area contributed by atoms with Crippen LogP contribution in [0.2, 0.25) is 0 Å². The largest absolute Gasteiger partial charge is 0.366 e. The lowest BCUT2D eigenvalue weighted by Crippen LogP contribution is -2.26. The van der Waals surface area contributed by atoms with E-state index in [1.807, 2.05) is 18.2 Å². The molecule has 3 N–H and O–H groups in total. The monoisotopic (exact) mass is 356 g/mol. The smallest absolute Gasteiger partial charge is 0.303 e. The molecule has 2 heterocycles. The molecule has 1 atom stereocenters. The van der Waals surface area contributed by atoms with E-state index in [-0.39, 0.29) is 0 Å². The molecule has 3 rings (SSSR count). The summed E-state index contributed by atoms with van der Waals surface area (Å²) in [7, 11) is 0. The molecule has 26 heavy (non-hydrogen) atoms. The van der Waals surface area contributed by atoms with E-state index in [0.717, 1.165) is 32.1 Å². The number of benzene rings is 1. The van der Waals surface area contributed by atoms with Gasteiger partial charge in [0.25, 0.3) is 0 Å². The predicted molar refractivity (Wildman–Crippen MR) is 97.0 cm³/mol. The van der Waals surface area contributed by atoms with Gasteiger partial charge in [0.2, 0.25) is 0 Å². The van der Waals surface area contributed by atoms with Gasteiger partial charge >= 0.3 is 5.91 Å². The summed E-state index contributed by atoms with van der Waals surface area (Å²) < 4.78 is 13.4. The highest BCUT2D eigenvalue weighted by molar-refractivity contribution is 5.94. The molecule has 1 aliphatic rings. The van der Waals surface area contributed by atoms with Crippen LogP contribution in [0.25, 0.3) is 6.08 Å². The van der Waals surface area contributed by atoms with E-state index in [1.54, 1.807) is 12.1 Å². The van der Waals surface area contributed by atoms with E-state index in [1.165, 1.54) is 17.2 Å². The number of hydrogen-bond acceptors (Lipinski definition) is 5. The Morgan fingerprint density at radius 1 is 1.31 bits per heavy atom. The molecule has 2 aromatic rings. The Labute approximate surface area is 151 Å². The summed E-state index contributed by atoms with van der Waals surface area (Å²) in [6.07, 6.45) is 3.52. The number of likely N-dealkylation sites (tertiary alicyclic amines) is 1. The first kappa shape index (κ1) is 18.0. The van der Waals surface area contributed by atoms with E-state index >= 15 is 0 Å². The first-order valence-corrected chi connectivity index (χ1v) is 8.44. The Balaban J connectivity index is 1.53. The number of hydroxylamine groups is 1. The Bertz CT molecular complexity index is 765. The summed E-state index contributed by atoms with van der Waals surface area (Å²) >= 11 is 0. The second-order valence-electron chi connectivity index (χ2n) is 6.26. The van der Waals surface area contributed by atoms with Crippen LogP contribution >= 0.6 is 0 Å². The van der Waals surface area contributed by atoms with Crippen LogP contribution in [0.3, 0.4) is 0 Å². The molecule has 1 amide bonds. The fourth-order valence-corrected chi connectivity index (χ4v) is 2.99. The van der Waals surface area contributed by atoms with Crippen molar-refractivity contribution in [3.63, 3.8) is 0 Å². The van der Waals surface area contributed by atoms with Crippen LogP contribution < -0.4 is 10.8 Å². The van der Waals surface area contributed by atoms with Gasteiger partial charge in [0.05, 0.1) is 0 Å². The van der Waals surface area contributed by atoms with Crippen LogP contribution in [0, 0.1) is 0 Å². The minimum absolute atomic E-state index is 0.310. The maximum absolute atomic E-state index is 13.4. The van der Waals surface area contributed by atoms with Crippen molar-refractivity contribution < 1.29 is 14.4 Å². The molecule has 0 aliphatic carbocycles. The summed E-state index contributed by atoms with van der Waals surface area (Å²) in [6.45, 7) is 2.89. The zero-order chi connectivity index (χ0) is 18.4. The van der Waals surface area contributed by atoms with Gasteiger partial charge in [-0.05, 0) is 35.8 Å². The van der Waals surface area contributed by atoms with Crippen LogP contribution in [0.4, 0.5) is 10.2 Å². The molecule has 1 saturated heterocycles. The van der Waals surface area contributed by atoms with Gasteiger partial charge in [0.15, 0.2) is 5.83 Å². The van der Waals surface area contributed by atoms with Gasteiger partial charge in [-0.1, -0.05) is 30.3 Å². The zero-order valence-electron chi connectivity index (χ0n) is 14.2. The third-order valence-corrected chi connectivity index (χ3v) is 4.27. The third kappa shape index (κ3) is 4.87. The third-order valence-electron chi connectivity index (χ3n) is 4.27. The number of halogens is 1. The summed E-state index contributed by atoms with van der Waals surface area (Å²) in [5.74, 6) is -1.56. The summed E-state index contributed by atoms with van der Waals surface area (Å²) in [5, 5.41) is 11.8. The molecule has 0 radical (unpaired) electrons. The molecule has 1 fully saturated rings. The number of pyridine rings is 1. The van der Waals surface area contributed by atoms with Gasteiger partial charge in [-0.15, -0.1) is 0 Å². The van der Waals surface area contributed by atoms with Crippen molar-refractivity contribution in [2.24, 2.45) is 0 Å². The number of nitrogens with zero attached hydrogens (tertiary/aromatic N) is 2. The van der Waals surface area contributed by atoms with Crippen molar-refractivity contribution >= 4 is 17.8 Å². The van der Waals surface area contributed by atoms with Crippen LogP contribution in [0.1, 0.15) is 17.5 Å². The average Bonchev–Trinajstić information content (AvgIpc) is 3.10. The molecule has 0 bridgehead atoms. The van der Waals surface area contributed by atoms with Gasteiger partial charge in [-0.25, -0.2) is 14.9 Å². The van der Waals surface area contributed by atoms with Gasteiger partial charge in [-0.2, -0.15) is 0 Å². The van der Waals surface area contributed by atoms with Crippen molar-refractivity contribution in [2.75, 3.05) is 18.4 Å². The Morgan fingerprint density at radius 3 is 2.81 bits per heavy atom. The molecular weight excluding hydrogens is 335 g/mol. The number of aromatic nitrogens is 1. The SMILES string of the molecule is O=C(NO)C(F)=Cc1ccc(N[C@@H]2CCN(Cc3ccccc3)C2)nc1. The van der Waals surface area contributed by atoms with Crippen LogP contribution in [-0.2, 0) is 11.3 Å². The summed E-state index contributed by atoms with van der Waals surface area (Å²) in [4.78, 5) is 17.6. The Hall–Kier alpha value is -2.77. The first-order chi connectivity index (χ1) is 12.6. The van der Waals surface area contributed by atoms with E-state index in [9.17, 15) is 9.18 Å². The molecule has 0 spiro atoms. The van der Waals surface area contributed by atoms with Gasteiger partial charge in [0.1, 0.15) is 5.82 Å². The first-order valence-electron chi connectivity index (χ1n) is 8.44. The van der Waals surface area contributed by atoms with Crippen molar-refractivity contribution in [3.05, 3.63) is 65.6 Å². The standard InChI is InChI=1S/C19H21FN4O2/c20-17(19(25)23-26)10-15-6-7-18(21-11-15)22-16-8-9-24(13-16)12-14-4-2-1-3-5-14/h1-7,10-11,16,26H,8-9,12-13H2,(H,21,22)(H,23,25)/t16-/m1/s1. The van der Waals surface area contributed by atoms with E-state index in [2.05, 4.69) is 27.3 Å². The lowest BCUT2D eigenvalue weighted by Gasteiger charge is -2.17. The summed E-state index contributed by atoms with van der Waals surface area (Å²) in [6, 6.07) is 14.1.